The van der Waals surface area contributed by atoms with Gasteiger partial charge in [-0.2, -0.15) is 4.31 Å². The molecule has 3 aromatic carbocycles. The number of carbonyl (C=O) groups is 1. The zero-order valence-electron chi connectivity index (χ0n) is 28.1. The van der Waals surface area contributed by atoms with Crippen molar-refractivity contribution in [2.45, 2.75) is 74.8 Å². The molecule has 1 saturated carbocycles. The largest absolute Gasteiger partial charge is 0.573 e. The minimum absolute atomic E-state index is 0.0229. The molecule has 6 rings (SSSR count). The number of rotatable bonds is 10. The third-order valence-corrected chi connectivity index (χ3v) is 11.9. The summed E-state index contributed by atoms with van der Waals surface area (Å²) in [5, 5.41) is 0. The number of piperidine rings is 1. The number of alkyl halides is 3. The summed E-state index contributed by atoms with van der Waals surface area (Å²) >= 11 is 0. The van der Waals surface area contributed by atoms with Gasteiger partial charge in [0.05, 0.1) is 11.5 Å². The van der Waals surface area contributed by atoms with Gasteiger partial charge in [-0.05, 0) is 84.7 Å². The number of nitrogens with two attached hydrogens (primary N) is 1. The van der Waals surface area contributed by atoms with Crippen LogP contribution in [0.25, 0.3) is 11.1 Å². The predicted molar refractivity (Wildman–Crippen MR) is 184 cm³/mol. The standard InChI is InChI=1S/C37H45F3N4O5S/c38-37(39,40)49-33-12-10-30(11-13-33)29-8-6-27(7-9-29)24-42-22-23-44(35(25-42)36(45)43-20-18-31(41)19-21-43)50(46,47)34-16-14-32(15-17-34)48-26-28-4-2-1-3-5-28/h6-17,28,31,35H,1-5,18-26,41H2/t35-/m0/s1. The van der Waals surface area contributed by atoms with E-state index in [-0.39, 0.29) is 35.7 Å². The minimum atomic E-state index is -4.75. The van der Waals surface area contributed by atoms with E-state index in [9.17, 15) is 26.4 Å². The van der Waals surface area contributed by atoms with Crippen LogP contribution >= 0.6 is 0 Å². The Bertz CT molecular complexity index is 1670. The van der Waals surface area contributed by atoms with Crippen molar-refractivity contribution in [1.29, 1.82) is 0 Å². The van der Waals surface area contributed by atoms with Crippen LogP contribution in [0.2, 0.25) is 0 Å². The smallest absolute Gasteiger partial charge is 0.493 e. The third kappa shape index (κ3) is 9.17. The lowest BCUT2D eigenvalue weighted by molar-refractivity contribution is -0.274. The number of sulfonamides is 1. The number of nitrogens with zero attached hydrogens (tertiary/aromatic N) is 3. The van der Waals surface area contributed by atoms with Crippen LogP contribution in [0.5, 0.6) is 11.5 Å². The molecule has 2 heterocycles. The Kier molecular flexibility index (Phi) is 11.4. The average Bonchev–Trinajstić information content (AvgIpc) is 3.11. The van der Waals surface area contributed by atoms with Crippen LogP contribution in [0.15, 0.2) is 77.7 Å². The fraction of sp³-hybridized carbons (Fsp3) is 0.486. The fourth-order valence-electron chi connectivity index (χ4n) is 7.11. The first-order valence-corrected chi connectivity index (χ1v) is 18.9. The lowest BCUT2D eigenvalue weighted by Gasteiger charge is -2.42. The van der Waals surface area contributed by atoms with Crippen molar-refractivity contribution in [3.63, 3.8) is 0 Å². The van der Waals surface area contributed by atoms with Crippen LogP contribution in [-0.4, -0.2) is 86.2 Å². The second kappa shape index (κ2) is 15.7. The summed E-state index contributed by atoms with van der Waals surface area (Å²) in [7, 11) is -4.00. The van der Waals surface area contributed by atoms with E-state index in [1.807, 2.05) is 24.3 Å². The molecular weight excluding hydrogens is 669 g/mol. The molecule has 50 heavy (non-hydrogen) atoms. The highest BCUT2D eigenvalue weighted by Gasteiger charge is 2.42. The zero-order valence-corrected chi connectivity index (χ0v) is 28.9. The molecule has 3 aromatic rings. The van der Waals surface area contributed by atoms with Crippen LogP contribution in [0.1, 0.15) is 50.5 Å². The van der Waals surface area contributed by atoms with E-state index in [0.29, 0.717) is 57.3 Å². The molecule has 0 aromatic heterocycles. The van der Waals surface area contributed by atoms with Crippen molar-refractivity contribution >= 4 is 15.9 Å². The highest BCUT2D eigenvalue weighted by molar-refractivity contribution is 7.89. The molecule has 0 radical (unpaired) electrons. The number of piperazine rings is 1. The number of likely N-dealkylation sites (tertiary alicyclic amines) is 1. The summed E-state index contributed by atoms with van der Waals surface area (Å²) in [6.45, 7) is 2.90. The van der Waals surface area contributed by atoms with Crippen LogP contribution < -0.4 is 15.2 Å². The Morgan fingerprint density at radius 3 is 2.00 bits per heavy atom. The maximum atomic E-state index is 14.1. The first-order valence-electron chi connectivity index (χ1n) is 17.4. The lowest BCUT2D eigenvalue weighted by atomic mass is 9.90. The fourth-order valence-corrected chi connectivity index (χ4v) is 8.67. The first kappa shape index (κ1) is 36.2. The number of benzene rings is 3. The van der Waals surface area contributed by atoms with Gasteiger partial charge in [-0.25, -0.2) is 8.42 Å². The Hall–Kier alpha value is -3.65. The molecule has 3 fully saturated rings. The monoisotopic (exact) mass is 714 g/mol. The maximum Gasteiger partial charge on any atom is 0.573 e. The van der Waals surface area contributed by atoms with Gasteiger partial charge in [0, 0.05) is 45.3 Å². The molecule has 0 unspecified atom stereocenters. The summed E-state index contributed by atoms with van der Waals surface area (Å²) in [5.41, 5.74) is 8.62. The number of hydrogen-bond acceptors (Lipinski definition) is 7. The number of halogens is 3. The molecule has 13 heteroatoms. The third-order valence-electron chi connectivity index (χ3n) is 9.97. The number of ether oxygens (including phenoxy) is 2. The summed E-state index contributed by atoms with van der Waals surface area (Å²) < 4.78 is 77.1. The van der Waals surface area contributed by atoms with E-state index >= 15 is 0 Å². The van der Waals surface area contributed by atoms with Gasteiger partial charge in [0.2, 0.25) is 15.9 Å². The summed E-state index contributed by atoms with van der Waals surface area (Å²) in [5.74, 6) is 0.660. The molecule has 2 N–H and O–H groups in total. The average molecular weight is 715 g/mol. The van der Waals surface area contributed by atoms with Crippen LogP contribution in [-0.2, 0) is 21.4 Å². The zero-order chi connectivity index (χ0) is 35.3. The highest BCUT2D eigenvalue weighted by atomic mass is 32.2. The maximum absolute atomic E-state index is 14.1. The molecule has 0 bridgehead atoms. The second-order valence-corrected chi connectivity index (χ2v) is 15.5. The molecule has 2 saturated heterocycles. The van der Waals surface area contributed by atoms with Gasteiger partial charge in [0.25, 0.3) is 0 Å². The van der Waals surface area contributed by atoms with Gasteiger partial charge in [0.15, 0.2) is 0 Å². The quantitative estimate of drug-likeness (QED) is 0.273. The molecule has 1 amide bonds. The van der Waals surface area contributed by atoms with E-state index in [1.54, 1.807) is 41.3 Å². The van der Waals surface area contributed by atoms with Crippen molar-refractivity contribution in [2.75, 3.05) is 39.3 Å². The molecule has 9 nitrogen and oxygen atoms in total. The predicted octanol–water partition coefficient (Wildman–Crippen LogP) is 6.04. The first-order chi connectivity index (χ1) is 23.9. The molecule has 1 aliphatic carbocycles. The summed E-state index contributed by atoms with van der Waals surface area (Å²) in [6.07, 6.45) is 2.61. The van der Waals surface area contributed by atoms with E-state index in [2.05, 4.69) is 9.64 Å². The van der Waals surface area contributed by atoms with Crippen LogP contribution in [0.3, 0.4) is 0 Å². The van der Waals surface area contributed by atoms with Crippen molar-refractivity contribution in [3.8, 4) is 22.6 Å². The van der Waals surface area contributed by atoms with Crippen LogP contribution in [0.4, 0.5) is 13.2 Å². The van der Waals surface area contributed by atoms with Crippen molar-refractivity contribution in [1.82, 2.24) is 14.1 Å². The van der Waals surface area contributed by atoms with Crippen molar-refractivity contribution in [2.24, 2.45) is 11.7 Å². The van der Waals surface area contributed by atoms with Gasteiger partial charge >= 0.3 is 6.36 Å². The van der Waals surface area contributed by atoms with E-state index in [4.69, 9.17) is 10.5 Å². The summed E-state index contributed by atoms with van der Waals surface area (Å²) in [6, 6.07) is 19.0. The minimum Gasteiger partial charge on any atom is -0.493 e. The molecule has 0 spiro atoms. The number of amides is 1. The van der Waals surface area contributed by atoms with E-state index < -0.39 is 22.4 Å². The highest BCUT2D eigenvalue weighted by Crippen LogP contribution is 2.30. The number of carbonyl (C=O) groups excluding carboxylic acids is 1. The van der Waals surface area contributed by atoms with Gasteiger partial charge in [-0.15, -0.1) is 13.2 Å². The normalized spacial score (nSPS) is 20.5. The van der Waals surface area contributed by atoms with Crippen LogP contribution in [0, 0.1) is 5.92 Å². The Morgan fingerprint density at radius 2 is 1.38 bits per heavy atom. The second-order valence-electron chi connectivity index (χ2n) is 13.6. The summed E-state index contributed by atoms with van der Waals surface area (Å²) in [4.78, 5) is 18.0. The molecule has 270 valence electrons. The van der Waals surface area contributed by atoms with Gasteiger partial charge in [0.1, 0.15) is 17.5 Å². The van der Waals surface area contributed by atoms with Gasteiger partial charge in [-0.1, -0.05) is 55.7 Å². The Morgan fingerprint density at radius 1 is 0.780 bits per heavy atom. The molecule has 2 aliphatic heterocycles. The molecule has 1 atom stereocenters. The number of hydrogen-bond donors (Lipinski definition) is 1. The lowest BCUT2D eigenvalue weighted by Crippen LogP contribution is -2.61. The Balaban J connectivity index is 1.14. The molecular formula is C37H45F3N4O5S. The topological polar surface area (TPSA) is 105 Å². The SMILES string of the molecule is NC1CCN(C(=O)[C@@H]2CN(Cc3ccc(-c4ccc(OC(F)(F)F)cc4)cc3)CCN2S(=O)(=O)c2ccc(OCC3CCCCC3)cc2)CC1. The van der Waals surface area contributed by atoms with Crippen molar-refractivity contribution < 1.29 is 35.9 Å². The van der Waals surface area contributed by atoms with Crippen molar-refractivity contribution in [3.05, 3.63) is 78.4 Å². The van der Waals surface area contributed by atoms with Gasteiger partial charge < -0.3 is 20.1 Å². The van der Waals surface area contributed by atoms with E-state index in [1.165, 1.54) is 35.7 Å². The van der Waals surface area contributed by atoms with E-state index in [0.717, 1.165) is 29.5 Å². The molecule has 3 aliphatic rings. The Labute approximate surface area is 292 Å². The van der Waals surface area contributed by atoms with Gasteiger partial charge in [-0.3, -0.25) is 9.69 Å².